The second-order valence-electron chi connectivity index (χ2n) is 31.0. The Kier molecular flexibility index (Phi) is 44.9. The first-order valence-corrected chi connectivity index (χ1v) is 40.5. The number of hydrogen-bond acceptors (Lipinski definition) is 22. The van der Waals surface area contributed by atoms with E-state index in [1.807, 2.05) is 0 Å². The van der Waals surface area contributed by atoms with Gasteiger partial charge in [0.2, 0.25) is 106 Å². The molecule has 1 aliphatic rings. The van der Waals surface area contributed by atoms with Crippen molar-refractivity contribution in [2.75, 3.05) is 13.1 Å². The third-order valence-electron chi connectivity index (χ3n) is 20.0. The highest BCUT2D eigenvalue weighted by Crippen LogP contribution is 2.18. The van der Waals surface area contributed by atoms with Crippen molar-refractivity contribution in [3.63, 3.8) is 0 Å². The van der Waals surface area contributed by atoms with Gasteiger partial charge < -0.3 is 124 Å². The maximum Gasteiger partial charge on any atom is 0.326 e. The molecule has 18 amide bonds. The Morgan fingerprint density at radius 2 is 0.732 bits per heavy atom. The number of hydrogen-bond donors (Lipinski definition) is 24. The van der Waals surface area contributed by atoms with Gasteiger partial charge in [-0.15, -0.1) is 0 Å². The fraction of sp³-hybridized carbons (Fsp3) is 0.582. The zero-order chi connectivity index (χ0) is 92.5. The van der Waals surface area contributed by atoms with Gasteiger partial charge >= 0.3 is 11.9 Å². The molecule has 123 heavy (non-hydrogen) atoms. The van der Waals surface area contributed by atoms with Crippen LogP contribution in [0, 0.1) is 29.1 Å². The molecule has 0 aliphatic carbocycles. The van der Waals surface area contributed by atoms with E-state index in [2.05, 4.69) is 79.8 Å². The van der Waals surface area contributed by atoms with Gasteiger partial charge in [0.1, 0.15) is 78.5 Å². The fourth-order valence-electron chi connectivity index (χ4n) is 12.8. The second-order valence-corrected chi connectivity index (χ2v) is 31.0. The monoisotopic (exact) mass is 1730 g/mol. The standard InChI is InChI=1S/C79H122N22O22/c1-9-41(7)63(76(120)91-48(27-30-61(107)108)68(112)96-53(36-58(82)104)71(115)93-50(33-39(3)4)69(113)95-51(34-43-19-13-11-14-20-43)70(114)92-49(78(122)123)24-18-32-88-79(85)86)100-74(118)55(38-60(84)106)98-77(121)64(42(8)10-2)101-73(117)54(37-59(83)105)97-67(111)47(26-29-57(81)103)90-75(119)62(40(5)6)99-72(116)52(35-44-21-15-12-16-22-44)94-66(110)46(25-28-56(80)102)89-65(109)45-23-17-31-87-45/h11-16,19-22,39-42,45-55,62-64,87H,9-10,17-18,23-38H2,1-8H3,(H2,80,102)(H2,81,103)(H2,82,104)(H2,83,105)(H2,84,106)(H,89,109)(H,90,119)(H,91,120)(H,92,114)(H,93,115)(H,94,110)(H,95,113)(H,96,112)(H,97,111)(H,98,121)(H,99,116)(H,100,118)(H,101,117)(H,107,108)(H,122,123)(H4,85,86,88)/t41-,42-,45-,46-,47-,48-,49-,50-,51-,52-,53-,54-,55-,62-,63-,64-/m0/s1. The van der Waals surface area contributed by atoms with E-state index >= 15 is 0 Å². The van der Waals surface area contributed by atoms with Crippen LogP contribution < -0.4 is 114 Å². The Morgan fingerprint density at radius 3 is 1.10 bits per heavy atom. The van der Waals surface area contributed by atoms with Crippen LogP contribution in [0.25, 0.3) is 0 Å². The average molecular weight is 1730 g/mol. The molecule has 3 rings (SSSR count). The van der Waals surface area contributed by atoms with Gasteiger partial charge in [0.05, 0.1) is 25.3 Å². The summed E-state index contributed by atoms with van der Waals surface area (Å²) >= 11 is 0. The SMILES string of the molecule is CC[C@H](C)[C@H](NC(=O)[C@H](CC(N)=O)NC(=O)[C@@H](NC(=O)[C@H](CC(N)=O)NC(=O)[C@H](CCC(N)=O)NC(=O)[C@@H](NC(=O)[C@H](Cc1ccccc1)NC(=O)[C@H](CCC(N)=O)NC(=O)[C@@H]1CCCN1)C(C)C)[C@@H](C)CC)C(=O)N[C@@H](CCC(=O)O)C(=O)N[C@@H](CC(N)=O)C(=O)N[C@@H](CC(C)C)C(=O)N[C@@H](Cc1ccccc1)C(=O)N[C@@H](CCCNC(=N)N)C(=O)O. The van der Waals surface area contributed by atoms with Crippen molar-refractivity contribution in [2.45, 2.75) is 256 Å². The van der Waals surface area contributed by atoms with Crippen LogP contribution in [-0.2, 0) is 109 Å². The van der Waals surface area contributed by atoms with E-state index < -0.39 is 271 Å². The van der Waals surface area contributed by atoms with Crippen molar-refractivity contribution in [3.8, 4) is 0 Å². The highest BCUT2D eigenvalue weighted by atomic mass is 16.4. The summed E-state index contributed by atoms with van der Waals surface area (Å²) in [6.07, 6.45) is -5.51. The molecule has 0 saturated carbocycles. The number of carbonyl (C=O) groups is 20. The molecule has 1 fully saturated rings. The maximum atomic E-state index is 14.6. The zero-order valence-corrected chi connectivity index (χ0v) is 70.3. The van der Waals surface area contributed by atoms with E-state index in [-0.39, 0.29) is 70.3 Å². The van der Waals surface area contributed by atoms with Gasteiger partial charge in [-0.05, 0) is 92.7 Å². The van der Waals surface area contributed by atoms with Crippen molar-refractivity contribution >= 4 is 124 Å². The molecule has 44 heteroatoms. The summed E-state index contributed by atoms with van der Waals surface area (Å²) < 4.78 is 0. The van der Waals surface area contributed by atoms with E-state index in [1.165, 1.54) is 27.7 Å². The lowest BCUT2D eigenvalue weighted by Gasteiger charge is -2.30. The van der Waals surface area contributed by atoms with Gasteiger partial charge in [-0.3, -0.25) is 96.5 Å². The van der Waals surface area contributed by atoms with Crippen molar-refractivity contribution in [1.29, 1.82) is 5.41 Å². The van der Waals surface area contributed by atoms with Crippen LogP contribution in [0.4, 0.5) is 0 Å². The normalized spacial score (nSPS) is 15.9. The summed E-state index contributed by atoms with van der Waals surface area (Å²) in [6, 6.07) is -6.13. The van der Waals surface area contributed by atoms with Gasteiger partial charge in [0.25, 0.3) is 0 Å². The van der Waals surface area contributed by atoms with Crippen LogP contribution in [0.1, 0.15) is 169 Å². The molecule has 30 N–H and O–H groups in total. The molecule has 680 valence electrons. The lowest BCUT2D eigenvalue weighted by atomic mass is 9.96. The number of guanidine groups is 1. The first-order chi connectivity index (χ1) is 57.8. The highest BCUT2D eigenvalue weighted by molar-refractivity contribution is 6.02. The average Bonchev–Trinajstić information content (AvgIpc) is 0.865. The number of amides is 18. The number of carbonyl (C=O) groups excluding carboxylic acids is 18. The first kappa shape index (κ1) is 104. The number of primary amides is 5. The van der Waals surface area contributed by atoms with Gasteiger partial charge in [-0.2, -0.15) is 0 Å². The van der Waals surface area contributed by atoms with Gasteiger partial charge in [-0.25, -0.2) is 4.79 Å². The number of carboxylic acid groups (broad SMARTS) is 2. The van der Waals surface area contributed by atoms with Crippen molar-refractivity contribution in [1.82, 2.24) is 79.8 Å². The van der Waals surface area contributed by atoms with E-state index in [1.54, 1.807) is 88.4 Å². The summed E-state index contributed by atoms with van der Waals surface area (Å²) in [6.45, 7) is 13.0. The number of rotatable bonds is 57. The van der Waals surface area contributed by atoms with Crippen LogP contribution in [0.3, 0.4) is 0 Å². The van der Waals surface area contributed by atoms with Crippen molar-refractivity contribution in [2.24, 2.45) is 58.1 Å². The molecule has 0 unspecified atom stereocenters. The molecular formula is C79H122N22O22. The molecular weight excluding hydrogens is 1610 g/mol. The molecule has 44 nitrogen and oxygen atoms in total. The third-order valence-corrected chi connectivity index (χ3v) is 20.0. The number of benzene rings is 2. The molecule has 0 bridgehead atoms. The predicted octanol–water partition coefficient (Wildman–Crippen LogP) is -6.31. The van der Waals surface area contributed by atoms with Gasteiger partial charge in [0.15, 0.2) is 5.96 Å². The predicted molar refractivity (Wildman–Crippen MR) is 442 cm³/mol. The van der Waals surface area contributed by atoms with Crippen LogP contribution in [0.5, 0.6) is 0 Å². The van der Waals surface area contributed by atoms with Gasteiger partial charge in [-0.1, -0.05) is 129 Å². The minimum Gasteiger partial charge on any atom is -0.481 e. The van der Waals surface area contributed by atoms with E-state index in [0.717, 1.165) is 0 Å². The highest BCUT2D eigenvalue weighted by Gasteiger charge is 2.41. The summed E-state index contributed by atoms with van der Waals surface area (Å²) in [7, 11) is 0. The van der Waals surface area contributed by atoms with E-state index in [9.17, 15) is 106 Å². The van der Waals surface area contributed by atoms with Crippen molar-refractivity contribution < 1.29 is 106 Å². The summed E-state index contributed by atoms with van der Waals surface area (Å²) in [4.78, 5) is 273. The lowest BCUT2D eigenvalue weighted by Crippen LogP contribution is -2.62. The zero-order valence-electron chi connectivity index (χ0n) is 70.3. The molecule has 0 radical (unpaired) electrons. The summed E-state index contributed by atoms with van der Waals surface area (Å²) in [5, 5.41) is 64.6. The number of aliphatic carboxylic acids is 2. The Morgan fingerprint density at radius 1 is 0.398 bits per heavy atom. The van der Waals surface area contributed by atoms with Crippen LogP contribution >= 0.6 is 0 Å². The molecule has 2 aromatic rings. The Hall–Kier alpha value is -12.9. The Labute approximate surface area is 711 Å². The Bertz CT molecular complexity index is 4040. The van der Waals surface area contributed by atoms with Crippen molar-refractivity contribution in [3.05, 3.63) is 71.8 Å². The molecule has 16 atom stereocenters. The van der Waals surface area contributed by atoms with Gasteiger partial charge in [0, 0.05) is 38.6 Å². The molecule has 1 heterocycles. The number of nitrogens with two attached hydrogens (primary N) is 6. The molecule has 1 aliphatic heterocycles. The topological polar surface area (TPSA) is 742 Å². The number of carboxylic acids is 2. The smallest absolute Gasteiger partial charge is 0.326 e. The molecule has 0 spiro atoms. The van der Waals surface area contributed by atoms with E-state index in [0.29, 0.717) is 30.5 Å². The quantitative estimate of drug-likeness (QED) is 0.0166. The van der Waals surface area contributed by atoms with Crippen LogP contribution in [0.2, 0.25) is 0 Å². The summed E-state index contributed by atoms with van der Waals surface area (Å²) in [5.41, 5.74) is 34.0. The van der Waals surface area contributed by atoms with Crippen LogP contribution in [0.15, 0.2) is 60.7 Å². The minimum absolute atomic E-state index is 0.0655. The molecule has 2 aromatic carbocycles. The maximum absolute atomic E-state index is 14.6. The molecule has 0 aromatic heterocycles. The van der Waals surface area contributed by atoms with E-state index in [4.69, 9.17) is 39.8 Å². The second kappa shape index (κ2) is 53.0. The first-order valence-electron chi connectivity index (χ1n) is 40.5. The summed E-state index contributed by atoms with van der Waals surface area (Å²) in [5.74, 6) is -25.8. The Balaban J connectivity index is 1.95. The van der Waals surface area contributed by atoms with Crippen LogP contribution in [-0.4, -0.2) is 232 Å². The lowest BCUT2D eigenvalue weighted by molar-refractivity contribution is -0.142. The third kappa shape index (κ3) is 38.6. The largest absolute Gasteiger partial charge is 0.481 e. The minimum atomic E-state index is -2.00. The fourth-order valence-corrected chi connectivity index (χ4v) is 12.8. The number of nitrogens with one attached hydrogen (secondary N) is 16. The molecule has 1 saturated heterocycles.